The molecular formula is C18H11F6N3OS. The van der Waals surface area contributed by atoms with Crippen molar-refractivity contribution in [3.63, 3.8) is 0 Å². The number of hydrogen-bond donors (Lipinski definition) is 0. The van der Waals surface area contributed by atoms with E-state index in [1.807, 2.05) is 0 Å². The van der Waals surface area contributed by atoms with Gasteiger partial charge in [0.2, 0.25) is 6.41 Å². The predicted molar refractivity (Wildman–Crippen MR) is 93.3 cm³/mol. The van der Waals surface area contributed by atoms with Gasteiger partial charge in [0.1, 0.15) is 28.2 Å². The van der Waals surface area contributed by atoms with Crippen molar-refractivity contribution in [1.29, 1.82) is 0 Å². The molecule has 1 aromatic heterocycles. The number of aromatic nitrogens is 2. The standard InChI is InChI=1S/C18H11F6N3OS/c1-26-17(29-14-4-2-10(19)3-5-14)15(16(25-26)18(22,23)24)27(9-28)13-7-11(20)6-12(21)8-13/h2-9H,1H3. The van der Waals surface area contributed by atoms with Gasteiger partial charge < -0.3 is 0 Å². The van der Waals surface area contributed by atoms with E-state index in [0.717, 1.165) is 40.7 Å². The van der Waals surface area contributed by atoms with Gasteiger partial charge in [0.25, 0.3) is 0 Å². The molecule has 3 aromatic rings. The van der Waals surface area contributed by atoms with Gasteiger partial charge in [-0.2, -0.15) is 18.3 Å². The number of hydrogen-bond acceptors (Lipinski definition) is 3. The summed E-state index contributed by atoms with van der Waals surface area (Å²) in [4.78, 5) is 12.5. The Morgan fingerprint density at radius 1 is 1.00 bits per heavy atom. The Morgan fingerprint density at radius 2 is 1.59 bits per heavy atom. The maximum Gasteiger partial charge on any atom is 0.437 e. The molecule has 152 valence electrons. The quantitative estimate of drug-likeness (QED) is 0.406. The smallest absolute Gasteiger partial charge is 0.278 e. The van der Waals surface area contributed by atoms with Crippen LogP contribution in [0.25, 0.3) is 0 Å². The number of alkyl halides is 3. The number of anilines is 2. The summed E-state index contributed by atoms with van der Waals surface area (Å²) in [5.41, 5.74) is -2.56. The predicted octanol–water partition coefficient (Wildman–Crippen LogP) is 5.30. The van der Waals surface area contributed by atoms with Crippen molar-refractivity contribution >= 4 is 29.5 Å². The molecule has 0 N–H and O–H groups in total. The minimum absolute atomic E-state index is 0.00912. The Bertz CT molecular complexity index is 1030. The summed E-state index contributed by atoms with van der Waals surface area (Å²) >= 11 is 0.779. The molecule has 2 aromatic carbocycles. The number of carbonyl (C=O) groups is 1. The molecule has 1 heterocycles. The maximum absolute atomic E-state index is 13.6. The molecule has 0 saturated heterocycles. The number of amides is 1. The van der Waals surface area contributed by atoms with Crippen LogP contribution in [0.1, 0.15) is 5.69 Å². The van der Waals surface area contributed by atoms with E-state index in [1.165, 1.54) is 19.2 Å². The molecule has 0 atom stereocenters. The third-order valence-electron chi connectivity index (χ3n) is 3.74. The second-order valence-electron chi connectivity index (χ2n) is 5.78. The average Bonchev–Trinajstić information content (AvgIpc) is 2.94. The maximum atomic E-state index is 13.6. The van der Waals surface area contributed by atoms with Gasteiger partial charge in [-0.05, 0) is 36.4 Å². The molecule has 0 fully saturated rings. The highest BCUT2D eigenvalue weighted by Crippen LogP contribution is 2.45. The minimum atomic E-state index is -4.96. The molecule has 11 heteroatoms. The number of rotatable bonds is 5. The van der Waals surface area contributed by atoms with Gasteiger partial charge in [-0.1, -0.05) is 11.8 Å². The van der Waals surface area contributed by atoms with Gasteiger partial charge in [0, 0.05) is 18.0 Å². The first-order valence-electron chi connectivity index (χ1n) is 7.88. The van der Waals surface area contributed by atoms with Crippen molar-refractivity contribution in [2.75, 3.05) is 4.90 Å². The van der Waals surface area contributed by atoms with Crippen LogP contribution in [0.3, 0.4) is 0 Å². The van der Waals surface area contributed by atoms with Crippen LogP contribution in [-0.4, -0.2) is 16.2 Å². The molecule has 0 saturated carbocycles. The molecule has 3 rings (SSSR count). The van der Waals surface area contributed by atoms with Gasteiger partial charge in [0.05, 0.1) is 5.69 Å². The number of carbonyl (C=O) groups excluding carboxylic acids is 1. The topological polar surface area (TPSA) is 38.1 Å². The zero-order valence-electron chi connectivity index (χ0n) is 14.5. The third kappa shape index (κ3) is 4.39. The summed E-state index contributed by atoms with van der Waals surface area (Å²) in [6.45, 7) is 0. The molecule has 1 amide bonds. The van der Waals surface area contributed by atoms with Gasteiger partial charge in [-0.15, -0.1) is 0 Å². The van der Waals surface area contributed by atoms with Crippen LogP contribution < -0.4 is 4.90 Å². The van der Waals surface area contributed by atoms with E-state index in [1.54, 1.807) is 0 Å². The number of nitrogens with zero attached hydrogens (tertiary/aromatic N) is 3. The van der Waals surface area contributed by atoms with Crippen molar-refractivity contribution in [3.05, 3.63) is 65.6 Å². The van der Waals surface area contributed by atoms with Crippen LogP contribution >= 0.6 is 11.8 Å². The first kappa shape index (κ1) is 20.8. The van der Waals surface area contributed by atoms with Crippen molar-refractivity contribution in [2.24, 2.45) is 7.05 Å². The minimum Gasteiger partial charge on any atom is -0.278 e. The van der Waals surface area contributed by atoms with Crippen LogP contribution in [-0.2, 0) is 18.0 Å². The van der Waals surface area contributed by atoms with E-state index in [0.29, 0.717) is 15.9 Å². The lowest BCUT2D eigenvalue weighted by atomic mass is 10.2. The van der Waals surface area contributed by atoms with Crippen molar-refractivity contribution < 1.29 is 31.1 Å². The van der Waals surface area contributed by atoms with Crippen molar-refractivity contribution in [3.8, 4) is 0 Å². The highest BCUT2D eigenvalue weighted by atomic mass is 32.2. The highest BCUT2D eigenvalue weighted by Gasteiger charge is 2.41. The van der Waals surface area contributed by atoms with Crippen LogP contribution in [0.5, 0.6) is 0 Å². The van der Waals surface area contributed by atoms with E-state index in [9.17, 15) is 31.1 Å². The van der Waals surface area contributed by atoms with E-state index in [2.05, 4.69) is 5.10 Å². The largest absolute Gasteiger partial charge is 0.437 e. The first-order valence-corrected chi connectivity index (χ1v) is 8.70. The molecule has 0 spiro atoms. The second kappa shape index (κ2) is 7.82. The number of aryl methyl sites for hydroxylation is 1. The second-order valence-corrected chi connectivity index (χ2v) is 6.85. The van der Waals surface area contributed by atoms with Gasteiger partial charge >= 0.3 is 6.18 Å². The zero-order chi connectivity index (χ0) is 21.3. The van der Waals surface area contributed by atoms with E-state index >= 15 is 0 Å². The Balaban J connectivity index is 2.20. The van der Waals surface area contributed by atoms with Gasteiger partial charge in [0.15, 0.2) is 5.69 Å². The first-order chi connectivity index (χ1) is 13.6. The third-order valence-corrected chi connectivity index (χ3v) is 4.90. The molecule has 0 aliphatic carbocycles. The van der Waals surface area contributed by atoms with Crippen LogP contribution in [0.15, 0.2) is 52.4 Å². The fourth-order valence-corrected chi connectivity index (χ4v) is 3.52. The van der Waals surface area contributed by atoms with Crippen LogP contribution in [0.4, 0.5) is 37.7 Å². The number of benzene rings is 2. The van der Waals surface area contributed by atoms with Crippen LogP contribution in [0, 0.1) is 17.5 Å². The monoisotopic (exact) mass is 431 g/mol. The summed E-state index contributed by atoms with van der Waals surface area (Å²) in [6.07, 6.45) is -4.95. The Labute approximate surface area is 164 Å². The summed E-state index contributed by atoms with van der Waals surface area (Å²) in [7, 11) is 1.22. The fraction of sp³-hybridized carbons (Fsp3) is 0.111. The molecular weight excluding hydrogens is 420 g/mol. The lowest BCUT2D eigenvalue weighted by Crippen LogP contribution is -2.19. The van der Waals surface area contributed by atoms with Gasteiger partial charge in [-0.25, -0.2) is 13.2 Å². The molecule has 0 bridgehead atoms. The van der Waals surface area contributed by atoms with E-state index in [-0.39, 0.29) is 11.4 Å². The summed E-state index contributed by atoms with van der Waals surface area (Å²) in [5.74, 6) is -2.69. The normalized spacial score (nSPS) is 11.6. The molecule has 0 aliphatic rings. The molecule has 29 heavy (non-hydrogen) atoms. The van der Waals surface area contributed by atoms with E-state index < -0.39 is 40.7 Å². The number of halogens is 6. The highest BCUT2D eigenvalue weighted by molar-refractivity contribution is 7.99. The van der Waals surface area contributed by atoms with E-state index in [4.69, 9.17) is 0 Å². The summed E-state index contributed by atoms with van der Waals surface area (Å²) < 4.78 is 81.9. The van der Waals surface area contributed by atoms with Crippen molar-refractivity contribution in [2.45, 2.75) is 16.1 Å². The summed E-state index contributed by atoms with van der Waals surface area (Å²) in [5, 5.41) is 3.31. The Hall–Kier alpha value is -2.95. The molecule has 0 unspecified atom stereocenters. The molecule has 0 radical (unpaired) electrons. The lowest BCUT2D eigenvalue weighted by molar-refractivity contribution is -0.140. The molecule has 0 aliphatic heterocycles. The Kier molecular flexibility index (Phi) is 5.60. The average molecular weight is 431 g/mol. The Morgan fingerprint density at radius 3 is 2.10 bits per heavy atom. The summed E-state index contributed by atoms with van der Waals surface area (Å²) in [6, 6.07) is 6.85. The van der Waals surface area contributed by atoms with Gasteiger partial charge in [-0.3, -0.25) is 14.4 Å². The lowest BCUT2D eigenvalue weighted by Gasteiger charge is -2.20. The fourth-order valence-electron chi connectivity index (χ4n) is 2.56. The SMILES string of the molecule is Cn1nc(C(F)(F)F)c(N(C=O)c2cc(F)cc(F)c2)c1Sc1ccc(F)cc1. The molecule has 4 nitrogen and oxygen atoms in total. The zero-order valence-corrected chi connectivity index (χ0v) is 15.4. The van der Waals surface area contributed by atoms with Crippen LogP contribution in [0.2, 0.25) is 0 Å². The van der Waals surface area contributed by atoms with Crippen molar-refractivity contribution in [1.82, 2.24) is 9.78 Å².